The van der Waals surface area contributed by atoms with Crippen LogP contribution in [0.25, 0.3) is 5.70 Å². The van der Waals surface area contributed by atoms with Gasteiger partial charge in [0.15, 0.2) is 5.17 Å². The Morgan fingerprint density at radius 1 is 0.952 bits per heavy atom. The maximum absolute atomic E-state index is 4.86. The molecular weight excluding hydrogens is 276 g/mol. The molecule has 2 aliphatic rings. The molecule has 2 heterocycles. The van der Waals surface area contributed by atoms with Gasteiger partial charge in [0.2, 0.25) is 0 Å². The molecule has 3 heteroatoms. The maximum Gasteiger partial charge on any atom is 0.165 e. The fourth-order valence-corrected chi connectivity index (χ4v) is 3.85. The van der Waals surface area contributed by atoms with E-state index in [1.807, 2.05) is 17.8 Å². The second-order valence-corrected chi connectivity index (χ2v) is 6.27. The highest BCUT2D eigenvalue weighted by atomic mass is 32.2. The fraction of sp³-hybridized carbons (Fsp3) is 0.167. The number of thioether (sulfide) groups is 1. The number of amidine groups is 1. The fourth-order valence-electron chi connectivity index (χ4n) is 2.84. The normalized spacial score (nSPS) is 20.8. The van der Waals surface area contributed by atoms with E-state index in [4.69, 9.17) is 4.99 Å². The van der Waals surface area contributed by atoms with Gasteiger partial charge >= 0.3 is 0 Å². The van der Waals surface area contributed by atoms with Crippen molar-refractivity contribution in [1.29, 1.82) is 0 Å². The molecule has 4 rings (SSSR count). The summed E-state index contributed by atoms with van der Waals surface area (Å²) in [6.45, 7) is 1.07. The van der Waals surface area contributed by atoms with E-state index in [1.54, 1.807) is 0 Å². The van der Waals surface area contributed by atoms with E-state index in [2.05, 4.69) is 65.6 Å². The lowest BCUT2D eigenvalue weighted by Gasteiger charge is -2.31. The van der Waals surface area contributed by atoms with Crippen LogP contribution >= 0.6 is 11.8 Å². The summed E-state index contributed by atoms with van der Waals surface area (Å²) in [6.07, 6.45) is 2.29. The predicted octanol–water partition coefficient (Wildman–Crippen LogP) is 4.19. The van der Waals surface area contributed by atoms with E-state index in [1.165, 1.54) is 11.1 Å². The van der Waals surface area contributed by atoms with E-state index < -0.39 is 0 Å². The summed E-state index contributed by atoms with van der Waals surface area (Å²) in [5, 5.41) is 1.16. The van der Waals surface area contributed by atoms with Gasteiger partial charge in [0, 0.05) is 12.3 Å². The van der Waals surface area contributed by atoms with Crippen molar-refractivity contribution in [3.63, 3.8) is 0 Å². The molecule has 0 bridgehead atoms. The average Bonchev–Trinajstić information content (AvgIpc) is 3.04. The van der Waals surface area contributed by atoms with Gasteiger partial charge in [-0.2, -0.15) is 0 Å². The first-order valence-corrected chi connectivity index (χ1v) is 8.21. The number of nitrogens with zero attached hydrogens (tertiary/aromatic N) is 2. The Balaban J connectivity index is 1.79. The van der Waals surface area contributed by atoms with Crippen molar-refractivity contribution in [3.05, 3.63) is 77.9 Å². The Kier molecular flexibility index (Phi) is 3.28. The molecule has 0 spiro atoms. The average molecular weight is 292 g/mol. The minimum atomic E-state index is 0.295. The van der Waals surface area contributed by atoms with Crippen molar-refractivity contribution in [2.24, 2.45) is 4.99 Å². The van der Waals surface area contributed by atoms with Gasteiger partial charge in [-0.3, -0.25) is 0 Å². The Morgan fingerprint density at radius 3 is 2.43 bits per heavy atom. The van der Waals surface area contributed by atoms with E-state index in [0.29, 0.717) is 6.04 Å². The minimum Gasteiger partial charge on any atom is -0.340 e. The van der Waals surface area contributed by atoms with Gasteiger partial charge in [0.1, 0.15) is 0 Å². The number of rotatable bonds is 2. The quantitative estimate of drug-likeness (QED) is 0.825. The van der Waals surface area contributed by atoms with E-state index in [-0.39, 0.29) is 0 Å². The molecule has 1 saturated heterocycles. The molecule has 104 valence electrons. The molecule has 21 heavy (non-hydrogen) atoms. The van der Waals surface area contributed by atoms with Crippen LogP contribution in [0.15, 0.2) is 71.7 Å². The third-order valence-corrected chi connectivity index (χ3v) is 4.86. The number of fused-ring (bicyclic) bond motifs is 1. The molecule has 2 aromatic rings. The summed E-state index contributed by atoms with van der Waals surface area (Å²) in [5.41, 5.74) is 3.61. The third-order valence-electron chi connectivity index (χ3n) is 3.89. The zero-order chi connectivity index (χ0) is 14.1. The lowest BCUT2D eigenvalue weighted by molar-refractivity contribution is 0.398. The first-order chi connectivity index (χ1) is 10.4. The minimum absolute atomic E-state index is 0.295. The van der Waals surface area contributed by atoms with E-state index in [9.17, 15) is 0 Å². The molecule has 2 nitrogen and oxygen atoms in total. The van der Waals surface area contributed by atoms with Crippen LogP contribution in [0.5, 0.6) is 0 Å². The zero-order valence-corrected chi connectivity index (χ0v) is 12.5. The molecule has 0 radical (unpaired) electrons. The highest BCUT2D eigenvalue weighted by Gasteiger charge is 2.30. The summed E-state index contributed by atoms with van der Waals surface area (Å²) in [4.78, 5) is 7.27. The number of hydrogen-bond acceptors (Lipinski definition) is 3. The highest BCUT2D eigenvalue weighted by molar-refractivity contribution is 8.14. The van der Waals surface area contributed by atoms with Gasteiger partial charge in [0.25, 0.3) is 0 Å². The molecular formula is C18H16N2S. The maximum atomic E-state index is 4.86. The van der Waals surface area contributed by atoms with Crippen molar-refractivity contribution in [2.75, 3.05) is 12.3 Å². The second-order valence-electron chi connectivity index (χ2n) is 5.21. The van der Waals surface area contributed by atoms with Gasteiger partial charge in [0.05, 0.1) is 11.7 Å². The third kappa shape index (κ3) is 2.38. The van der Waals surface area contributed by atoms with Crippen LogP contribution in [0.1, 0.15) is 17.2 Å². The monoisotopic (exact) mass is 292 g/mol. The molecule has 2 aliphatic heterocycles. The van der Waals surface area contributed by atoms with Crippen LogP contribution in [-0.2, 0) is 0 Å². The van der Waals surface area contributed by atoms with Crippen molar-refractivity contribution in [2.45, 2.75) is 6.04 Å². The molecule has 0 aromatic heterocycles. The van der Waals surface area contributed by atoms with Crippen molar-refractivity contribution in [3.8, 4) is 0 Å². The Morgan fingerprint density at radius 2 is 1.67 bits per heavy atom. The largest absolute Gasteiger partial charge is 0.340 e. The first-order valence-electron chi connectivity index (χ1n) is 7.22. The van der Waals surface area contributed by atoms with Crippen molar-refractivity contribution in [1.82, 2.24) is 4.90 Å². The summed E-state index contributed by atoms with van der Waals surface area (Å²) in [7, 11) is 0. The Labute approximate surface area is 129 Å². The molecule has 0 N–H and O–H groups in total. The molecule has 0 aliphatic carbocycles. The summed E-state index contributed by atoms with van der Waals surface area (Å²) < 4.78 is 0. The van der Waals surface area contributed by atoms with E-state index in [0.717, 1.165) is 23.2 Å². The zero-order valence-electron chi connectivity index (χ0n) is 11.6. The number of hydrogen-bond donors (Lipinski definition) is 0. The standard InChI is InChI=1S/C18H16N2S/c1-3-7-14(8-4-1)16-13-17(15-9-5-2-6-10-15)20-11-12-21-18(20)19-16/h1-10,13,17H,11-12H2. The lowest BCUT2D eigenvalue weighted by atomic mass is 10.0. The highest BCUT2D eigenvalue weighted by Crippen LogP contribution is 2.37. The van der Waals surface area contributed by atoms with Gasteiger partial charge in [-0.15, -0.1) is 0 Å². The summed E-state index contributed by atoms with van der Waals surface area (Å²) in [6, 6.07) is 21.5. The van der Waals surface area contributed by atoms with Gasteiger partial charge < -0.3 is 4.90 Å². The van der Waals surface area contributed by atoms with Crippen molar-refractivity contribution >= 4 is 22.6 Å². The molecule has 0 amide bonds. The number of aliphatic imine (C=N–C) groups is 1. The van der Waals surface area contributed by atoms with Gasteiger partial charge in [-0.1, -0.05) is 72.4 Å². The smallest absolute Gasteiger partial charge is 0.165 e. The topological polar surface area (TPSA) is 15.6 Å². The molecule has 1 atom stereocenters. The summed E-state index contributed by atoms with van der Waals surface area (Å²) >= 11 is 1.86. The number of benzene rings is 2. The molecule has 1 fully saturated rings. The van der Waals surface area contributed by atoms with Crippen LogP contribution < -0.4 is 0 Å². The van der Waals surface area contributed by atoms with Crippen LogP contribution in [0.3, 0.4) is 0 Å². The second kappa shape index (κ2) is 5.41. The van der Waals surface area contributed by atoms with Crippen LogP contribution in [0.4, 0.5) is 0 Å². The SMILES string of the molecule is C1=C(c2ccccc2)N=C2SCCN2C1c1ccccc1. The lowest BCUT2D eigenvalue weighted by Crippen LogP contribution is -2.30. The molecule has 0 saturated carbocycles. The van der Waals surface area contributed by atoms with Crippen molar-refractivity contribution < 1.29 is 0 Å². The van der Waals surface area contributed by atoms with Crippen LogP contribution in [0.2, 0.25) is 0 Å². The van der Waals surface area contributed by atoms with Gasteiger partial charge in [-0.05, 0) is 17.2 Å². The van der Waals surface area contributed by atoms with Gasteiger partial charge in [-0.25, -0.2) is 4.99 Å². The molecule has 2 aromatic carbocycles. The Hall–Kier alpha value is -2.00. The van der Waals surface area contributed by atoms with Crippen LogP contribution in [-0.4, -0.2) is 22.4 Å². The first kappa shape index (κ1) is 12.7. The summed E-state index contributed by atoms with van der Waals surface area (Å²) in [5.74, 6) is 1.12. The predicted molar refractivity (Wildman–Crippen MR) is 90.2 cm³/mol. The Bertz CT molecular complexity index is 692. The van der Waals surface area contributed by atoms with Crippen LogP contribution in [0, 0.1) is 0 Å². The molecule has 1 unspecified atom stereocenters. The van der Waals surface area contributed by atoms with E-state index >= 15 is 0 Å².